The van der Waals surface area contributed by atoms with Crippen molar-refractivity contribution in [3.63, 3.8) is 0 Å². The lowest BCUT2D eigenvalue weighted by atomic mass is 10.2. The van der Waals surface area contributed by atoms with E-state index in [9.17, 15) is 14.0 Å². The first-order chi connectivity index (χ1) is 14.5. The van der Waals surface area contributed by atoms with Gasteiger partial charge in [0.15, 0.2) is 6.61 Å². The van der Waals surface area contributed by atoms with Crippen LogP contribution in [0.3, 0.4) is 0 Å². The van der Waals surface area contributed by atoms with E-state index < -0.39 is 17.7 Å². The lowest BCUT2D eigenvalue weighted by molar-refractivity contribution is -0.123. The molecule has 7 heteroatoms. The summed E-state index contributed by atoms with van der Waals surface area (Å²) in [4.78, 5) is 23.8. The number of hydrogen-bond acceptors (Lipinski definition) is 5. The number of esters is 1. The van der Waals surface area contributed by atoms with Gasteiger partial charge in [-0.05, 0) is 67.1 Å². The van der Waals surface area contributed by atoms with E-state index in [4.69, 9.17) is 9.47 Å². The monoisotopic (exact) mass is 406 g/mol. The van der Waals surface area contributed by atoms with Gasteiger partial charge in [0, 0.05) is 0 Å². The third-order valence-electron chi connectivity index (χ3n) is 3.94. The van der Waals surface area contributed by atoms with E-state index >= 15 is 0 Å². The molecule has 6 nitrogen and oxygen atoms in total. The molecule has 0 fully saturated rings. The Morgan fingerprint density at radius 3 is 2.40 bits per heavy atom. The molecule has 0 bridgehead atoms. The van der Waals surface area contributed by atoms with E-state index in [2.05, 4.69) is 10.5 Å². The van der Waals surface area contributed by atoms with Crippen molar-refractivity contribution in [2.45, 2.75) is 6.92 Å². The highest BCUT2D eigenvalue weighted by Gasteiger charge is 2.09. The van der Waals surface area contributed by atoms with Crippen LogP contribution < -0.4 is 14.9 Å². The van der Waals surface area contributed by atoms with E-state index in [1.807, 2.05) is 19.1 Å². The van der Waals surface area contributed by atoms with Crippen LogP contribution in [0.15, 0.2) is 77.9 Å². The van der Waals surface area contributed by atoms with Gasteiger partial charge in [0.05, 0.1) is 11.8 Å². The topological polar surface area (TPSA) is 77.0 Å². The van der Waals surface area contributed by atoms with Crippen molar-refractivity contribution in [1.82, 2.24) is 5.43 Å². The summed E-state index contributed by atoms with van der Waals surface area (Å²) in [5.74, 6) is -0.661. The predicted molar refractivity (Wildman–Crippen MR) is 110 cm³/mol. The molecule has 0 aromatic heterocycles. The first-order valence-electron chi connectivity index (χ1n) is 9.09. The Morgan fingerprint density at radius 2 is 1.70 bits per heavy atom. The average molecular weight is 406 g/mol. The van der Waals surface area contributed by atoms with Gasteiger partial charge in [-0.15, -0.1) is 0 Å². The number of carbonyl (C=O) groups excluding carboxylic acids is 2. The summed E-state index contributed by atoms with van der Waals surface area (Å²) < 4.78 is 23.7. The molecule has 152 valence electrons. The molecule has 3 aromatic carbocycles. The first kappa shape index (κ1) is 20.7. The summed E-state index contributed by atoms with van der Waals surface area (Å²) >= 11 is 0. The van der Waals surface area contributed by atoms with Crippen molar-refractivity contribution in [1.29, 1.82) is 0 Å². The van der Waals surface area contributed by atoms with Crippen molar-refractivity contribution in [2.24, 2.45) is 5.10 Å². The van der Waals surface area contributed by atoms with Gasteiger partial charge in [-0.1, -0.05) is 23.8 Å². The zero-order valence-electron chi connectivity index (χ0n) is 16.2. The Morgan fingerprint density at radius 1 is 1.00 bits per heavy atom. The Labute approximate surface area is 173 Å². The summed E-state index contributed by atoms with van der Waals surface area (Å²) in [7, 11) is 0. The molecule has 0 saturated heterocycles. The van der Waals surface area contributed by atoms with E-state index in [1.54, 1.807) is 36.4 Å². The summed E-state index contributed by atoms with van der Waals surface area (Å²) in [6.45, 7) is 1.81. The highest BCUT2D eigenvalue weighted by atomic mass is 19.1. The molecule has 0 radical (unpaired) electrons. The second-order valence-corrected chi connectivity index (χ2v) is 6.36. The summed E-state index contributed by atoms with van der Waals surface area (Å²) in [6, 6.07) is 19.1. The molecule has 1 amide bonds. The molecule has 0 spiro atoms. The van der Waals surface area contributed by atoms with E-state index in [0.29, 0.717) is 17.1 Å². The van der Waals surface area contributed by atoms with E-state index in [-0.39, 0.29) is 12.2 Å². The smallest absolute Gasteiger partial charge is 0.343 e. The maximum Gasteiger partial charge on any atom is 0.343 e. The van der Waals surface area contributed by atoms with Gasteiger partial charge in [0.1, 0.15) is 17.3 Å². The minimum absolute atomic E-state index is 0.121. The normalized spacial score (nSPS) is 10.6. The lowest BCUT2D eigenvalue weighted by Crippen LogP contribution is -2.24. The molecule has 30 heavy (non-hydrogen) atoms. The molecule has 0 aliphatic heterocycles. The fraction of sp³-hybridized carbons (Fsp3) is 0.0870. The van der Waals surface area contributed by atoms with Gasteiger partial charge >= 0.3 is 5.97 Å². The number of nitrogens with one attached hydrogen (secondary N) is 1. The zero-order chi connectivity index (χ0) is 21.3. The highest BCUT2D eigenvalue weighted by molar-refractivity contribution is 5.91. The van der Waals surface area contributed by atoms with Gasteiger partial charge < -0.3 is 9.47 Å². The van der Waals surface area contributed by atoms with Crippen LogP contribution in [0, 0.1) is 12.7 Å². The Bertz CT molecular complexity index is 1050. The number of amides is 1. The third kappa shape index (κ3) is 6.27. The van der Waals surface area contributed by atoms with Crippen molar-refractivity contribution in [3.05, 3.63) is 95.3 Å². The minimum atomic E-state index is -0.656. The molecule has 0 saturated carbocycles. The van der Waals surface area contributed by atoms with Crippen molar-refractivity contribution in [2.75, 3.05) is 6.61 Å². The summed E-state index contributed by atoms with van der Waals surface area (Å²) in [5.41, 5.74) is 4.28. The Hall–Kier alpha value is -4.00. The highest BCUT2D eigenvalue weighted by Crippen LogP contribution is 2.14. The molecule has 0 aliphatic carbocycles. The van der Waals surface area contributed by atoms with Gasteiger partial charge in [0.25, 0.3) is 5.91 Å². The number of hydrogen-bond donors (Lipinski definition) is 1. The second kappa shape index (κ2) is 9.97. The second-order valence-electron chi connectivity index (χ2n) is 6.36. The van der Waals surface area contributed by atoms with Crippen LogP contribution >= 0.6 is 0 Å². The number of halogens is 1. The molecule has 0 heterocycles. The van der Waals surface area contributed by atoms with Crippen molar-refractivity contribution in [3.8, 4) is 11.5 Å². The average Bonchev–Trinajstić information content (AvgIpc) is 2.74. The van der Waals surface area contributed by atoms with Crippen LogP contribution in [0.25, 0.3) is 0 Å². The fourth-order valence-electron chi connectivity index (χ4n) is 2.40. The Balaban J connectivity index is 1.46. The zero-order valence-corrected chi connectivity index (χ0v) is 16.2. The molecule has 0 aliphatic rings. The van der Waals surface area contributed by atoms with Crippen LogP contribution in [0.4, 0.5) is 4.39 Å². The van der Waals surface area contributed by atoms with Crippen LogP contribution in [0.1, 0.15) is 21.5 Å². The predicted octanol–water partition coefficient (Wildman–Crippen LogP) is 3.88. The largest absolute Gasteiger partial charge is 0.484 e. The molecule has 3 rings (SSSR count). The first-order valence-corrected chi connectivity index (χ1v) is 9.09. The summed E-state index contributed by atoms with van der Waals surface area (Å²) in [6.07, 6.45) is 1.45. The fourth-order valence-corrected chi connectivity index (χ4v) is 2.40. The molecule has 1 N–H and O–H groups in total. The Kier molecular flexibility index (Phi) is 6.89. The van der Waals surface area contributed by atoms with Crippen LogP contribution in [-0.4, -0.2) is 24.7 Å². The number of hydrazone groups is 1. The van der Waals surface area contributed by atoms with Crippen LogP contribution in [0.2, 0.25) is 0 Å². The number of carbonyl (C=O) groups is 2. The maximum atomic E-state index is 13.2. The van der Waals surface area contributed by atoms with Gasteiger partial charge in [0.2, 0.25) is 0 Å². The lowest BCUT2D eigenvalue weighted by Gasteiger charge is -2.05. The van der Waals surface area contributed by atoms with Gasteiger partial charge in [-0.25, -0.2) is 14.6 Å². The number of aryl methyl sites for hydroxylation is 1. The quantitative estimate of drug-likeness (QED) is 0.280. The third-order valence-corrected chi connectivity index (χ3v) is 3.94. The molecule has 0 atom stereocenters. The minimum Gasteiger partial charge on any atom is -0.484 e. The molecular weight excluding hydrogens is 387 g/mol. The standard InChI is InChI=1S/C23H19FN2O4/c1-16-5-9-20(10-6-16)29-15-22(27)26-25-14-17-7-11-21(12-8-17)30-23(28)18-3-2-4-19(24)13-18/h2-14H,15H2,1H3,(H,26,27). The van der Waals surface area contributed by atoms with E-state index in [0.717, 1.165) is 11.6 Å². The van der Waals surface area contributed by atoms with Crippen LogP contribution in [-0.2, 0) is 4.79 Å². The number of ether oxygens (including phenoxy) is 2. The maximum absolute atomic E-state index is 13.2. The number of nitrogens with zero attached hydrogens (tertiary/aromatic N) is 1. The number of rotatable bonds is 7. The van der Waals surface area contributed by atoms with Crippen molar-refractivity contribution < 1.29 is 23.5 Å². The van der Waals surface area contributed by atoms with E-state index in [1.165, 1.54) is 24.4 Å². The van der Waals surface area contributed by atoms with Gasteiger partial charge in [-0.3, -0.25) is 4.79 Å². The number of benzene rings is 3. The molecular formula is C23H19FN2O4. The SMILES string of the molecule is Cc1ccc(OCC(=O)NN=Cc2ccc(OC(=O)c3cccc(F)c3)cc2)cc1. The summed E-state index contributed by atoms with van der Waals surface area (Å²) in [5, 5.41) is 3.86. The van der Waals surface area contributed by atoms with Crippen molar-refractivity contribution >= 4 is 18.1 Å². The molecule has 3 aromatic rings. The van der Waals surface area contributed by atoms with Gasteiger partial charge in [-0.2, -0.15) is 5.10 Å². The van der Waals surface area contributed by atoms with Crippen LogP contribution in [0.5, 0.6) is 11.5 Å². The molecule has 0 unspecified atom stereocenters.